The van der Waals surface area contributed by atoms with Crippen LogP contribution in [0.15, 0.2) is 79.0 Å². The summed E-state index contributed by atoms with van der Waals surface area (Å²) in [5.74, 6) is -1.48. The number of rotatable bonds is 7. The highest BCUT2D eigenvalue weighted by Crippen LogP contribution is 2.33. The number of likely N-dealkylation sites (tertiary alicyclic amines) is 1. The van der Waals surface area contributed by atoms with Crippen LogP contribution in [0.3, 0.4) is 0 Å². The number of fused-ring (bicyclic) bond motifs is 1. The fraction of sp³-hybridized carbons (Fsp3) is 0.276. The zero-order valence-electron chi connectivity index (χ0n) is 21.0. The normalized spacial score (nSPS) is 16.9. The molecular weight excluding hydrogens is 504 g/mol. The van der Waals surface area contributed by atoms with Gasteiger partial charge in [0.1, 0.15) is 11.2 Å². The number of nitrogens with one attached hydrogen (secondary N) is 1. The Hall–Kier alpha value is -3.72. The van der Waals surface area contributed by atoms with E-state index in [4.69, 9.17) is 11.6 Å². The maximum absolute atomic E-state index is 13.0. The molecule has 3 atom stereocenters. The van der Waals surface area contributed by atoms with Gasteiger partial charge >= 0.3 is 0 Å². The molecule has 4 aromatic rings. The van der Waals surface area contributed by atoms with Crippen LogP contribution in [0.5, 0.6) is 0 Å². The van der Waals surface area contributed by atoms with Crippen molar-refractivity contribution >= 4 is 34.3 Å². The highest BCUT2D eigenvalue weighted by Gasteiger charge is 2.38. The van der Waals surface area contributed by atoms with Crippen LogP contribution in [0, 0.1) is 0 Å². The third kappa shape index (κ3) is 5.15. The van der Waals surface area contributed by atoms with E-state index in [1.807, 2.05) is 60.3 Å². The van der Waals surface area contributed by atoms with Crippen LogP contribution in [0.4, 0.5) is 0 Å². The number of carbonyl (C=O) groups excluding carboxylic acids is 2. The molecule has 3 N–H and O–H groups in total. The van der Waals surface area contributed by atoms with E-state index in [1.54, 1.807) is 12.1 Å². The van der Waals surface area contributed by atoms with Gasteiger partial charge in [-0.2, -0.15) is 0 Å². The van der Waals surface area contributed by atoms with E-state index >= 15 is 0 Å². The van der Waals surface area contributed by atoms with Gasteiger partial charge in [0.15, 0.2) is 19.3 Å². The average molecular weight is 534 g/mol. The predicted molar refractivity (Wildman–Crippen MR) is 143 cm³/mol. The Kier molecular flexibility index (Phi) is 7.46. The van der Waals surface area contributed by atoms with Gasteiger partial charge < -0.3 is 20.4 Å². The van der Waals surface area contributed by atoms with Gasteiger partial charge in [0.2, 0.25) is 6.20 Å². The minimum atomic E-state index is -1.88. The zero-order chi connectivity index (χ0) is 26.8. The standard InChI is InChI=1S/C29H29ClN4O4/c1-32-18-21-6-2-3-9-25(21)34(32)23-13-11-19(12-14-23)17-31-28(37)26(35)27(36)29(38)33-15-5-10-24(33)20-7-4-8-22(30)16-20/h2-4,6-9,11-14,16,18,24,26-27,35-36H,5,10,15,17H2,1H3/p+1/t24?,26-,27-/m1/s1. The summed E-state index contributed by atoms with van der Waals surface area (Å²) in [5, 5.41) is 25.3. The summed E-state index contributed by atoms with van der Waals surface area (Å²) < 4.78 is 4.09. The Morgan fingerprint density at radius 3 is 2.58 bits per heavy atom. The van der Waals surface area contributed by atoms with Crippen LogP contribution in [0.25, 0.3) is 16.6 Å². The van der Waals surface area contributed by atoms with Crippen LogP contribution in [-0.4, -0.2) is 50.4 Å². The van der Waals surface area contributed by atoms with Crippen LogP contribution in [-0.2, 0) is 23.2 Å². The number of hydrogen-bond donors (Lipinski definition) is 3. The fourth-order valence-corrected chi connectivity index (χ4v) is 5.33. The smallest absolute Gasteiger partial charge is 0.255 e. The molecule has 1 saturated heterocycles. The molecular formula is C29H30ClN4O4+. The van der Waals surface area contributed by atoms with Gasteiger partial charge in [0.05, 0.1) is 11.4 Å². The summed E-state index contributed by atoms with van der Waals surface area (Å²) in [4.78, 5) is 27.1. The molecule has 2 amide bonds. The molecule has 196 valence electrons. The molecule has 1 aliphatic heterocycles. The van der Waals surface area contributed by atoms with Crippen molar-refractivity contribution in [1.82, 2.24) is 14.9 Å². The Morgan fingerprint density at radius 1 is 1.05 bits per heavy atom. The van der Waals surface area contributed by atoms with Gasteiger partial charge in [-0.15, -0.1) is 9.36 Å². The molecule has 3 aromatic carbocycles. The summed E-state index contributed by atoms with van der Waals surface area (Å²) in [5.41, 5.74) is 3.72. The maximum atomic E-state index is 13.0. The second-order valence-corrected chi connectivity index (χ2v) is 10.0. The van der Waals surface area contributed by atoms with E-state index in [2.05, 4.69) is 28.3 Å². The summed E-state index contributed by atoms with van der Waals surface area (Å²) >= 11 is 6.11. The van der Waals surface area contributed by atoms with Crippen molar-refractivity contribution in [3.05, 3.63) is 95.1 Å². The first-order valence-electron chi connectivity index (χ1n) is 12.6. The molecule has 2 heterocycles. The van der Waals surface area contributed by atoms with Crippen molar-refractivity contribution < 1.29 is 24.5 Å². The Bertz CT molecular complexity index is 1470. The Labute approximate surface area is 225 Å². The van der Waals surface area contributed by atoms with Crippen molar-refractivity contribution in [2.24, 2.45) is 7.05 Å². The lowest BCUT2D eigenvalue weighted by Gasteiger charge is -2.28. The number of benzene rings is 3. The highest BCUT2D eigenvalue weighted by atomic mass is 35.5. The zero-order valence-corrected chi connectivity index (χ0v) is 21.8. The van der Waals surface area contributed by atoms with Gasteiger partial charge in [-0.25, -0.2) is 0 Å². The lowest BCUT2D eigenvalue weighted by atomic mass is 10.0. The van der Waals surface area contributed by atoms with E-state index in [1.165, 1.54) is 4.90 Å². The van der Waals surface area contributed by atoms with E-state index in [9.17, 15) is 19.8 Å². The minimum Gasteiger partial charge on any atom is -0.380 e. The van der Waals surface area contributed by atoms with Crippen molar-refractivity contribution in [3.63, 3.8) is 0 Å². The molecule has 0 aliphatic carbocycles. The third-order valence-corrected chi connectivity index (χ3v) is 7.28. The van der Waals surface area contributed by atoms with E-state index < -0.39 is 24.0 Å². The van der Waals surface area contributed by atoms with Crippen molar-refractivity contribution in [2.75, 3.05) is 6.54 Å². The highest BCUT2D eigenvalue weighted by molar-refractivity contribution is 6.30. The second kappa shape index (κ2) is 10.9. The average Bonchev–Trinajstić information content (AvgIpc) is 3.55. The van der Waals surface area contributed by atoms with Crippen LogP contribution in [0.2, 0.25) is 5.02 Å². The molecule has 5 rings (SSSR count). The lowest BCUT2D eigenvalue weighted by molar-refractivity contribution is -0.741. The number of aliphatic hydroxyl groups excluding tert-OH is 2. The van der Waals surface area contributed by atoms with Crippen molar-refractivity contribution in [2.45, 2.75) is 37.6 Å². The molecule has 0 radical (unpaired) electrons. The number of aromatic nitrogens is 2. The second-order valence-electron chi connectivity index (χ2n) is 9.59. The monoisotopic (exact) mass is 533 g/mol. The summed E-state index contributed by atoms with van der Waals surface area (Å²) in [6.45, 7) is 0.576. The van der Waals surface area contributed by atoms with E-state index in [0.717, 1.165) is 34.1 Å². The summed E-state index contributed by atoms with van der Waals surface area (Å²) in [6, 6.07) is 22.7. The molecule has 1 aliphatic rings. The molecule has 1 unspecified atom stereocenters. The van der Waals surface area contributed by atoms with E-state index in [0.29, 0.717) is 18.0 Å². The number of halogens is 1. The molecule has 38 heavy (non-hydrogen) atoms. The van der Waals surface area contributed by atoms with Gasteiger partial charge in [0.25, 0.3) is 11.8 Å². The van der Waals surface area contributed by atoms with Gasteiger partial charge in [-0.05, 0) is 60.4 Å². The molecule has 1 fully saturated rings. The number of hydrogen-bond acceptors (Lipinski definition) is 4. The summed E-state index contributed by atoms with van der Waals surface area (Å²) in [6.07, 6.45) is -0.220. The molecule has 8 nitrogen and oxygen atoms in total. The number of amides is 2. The first-order valence-corrected chi connectivity index (χ1v) is 13.0. The number of nitrogens with zero attached hydrogens (tertiary/aromatic N) is 3. The van der Waals surface area contributed by atoms with E-state index in [-0.39, 0.29) is 12.6 Å². The van der Waals surface area contributed by atoms with Crippen molar-refractivity contribution in [3.8, 4) is 5.69 Å². The van der Waals surface area contributed by atoms with Crippen LogP contribution < -0.4 is 10.00 Å². The fourth-order valence-electron chi connectivity index (χ4n) is 5.13. The Morgan fingerprint density at radius 2 is 1.82 bits per heavy atom. The molecule has 0 spiro atoms. The quantitative estimate of drug-likeness (QED) is 0.318. The Balaban J connectivity index is 1.20. The predicted octanol–water partition coefficient (Wildman–Crippen LogP) is 2.81. The number of aryl methyl sites for hydroxylation is 1. The number of aliphatic hydroxyl groups is 2. The largest absolute Gasteiger partial charge is 0.380 e. The topological polar surface area (TPSA) is 98.7 Å². The molecule has 1 aromatic heterocycles. The lowest BCUT2D eigenvalue weighted by Crippen LogP contribution is -2.50. The molecule has 0 saturated carbocycles. The minimum absolute atomic E-state index is 0.143. The van der Waals surface area contributed by atoms with Gasteiger partial charge in [-0.3, -0.25) is 9.59 Å². The van der Waals surface area contributed by atoms with Gasteiger partial charge in [0, 0.05) is 18.1 Å². The maximum Gasteiger partial charge on any atom is 0.255 e. The first-order chi connectivity index (χ1) is 18.3. The van der Waals surface area contributed by atoms with Gasteiger partial charge in [-0.1, -0.05) is 48.0 Å². The number of para-hydroxylation sites is 1. The number of carbonyl (C=O) groups is 2. The molecule has 0 bridgehead atoms. The van der Waals surface area contributed by atoms with Crippen LogP contribution in [0.1, 0.15) is 30.0 Å². The SMILES string of the molecule is C[n+]1cc2ccccc2n1-c1ccc(CNC(=O)[C@H](O)[C@@H](O)C(=O)N2CCCC2c2cccc(Cl)c2)cc1. The first kappa shape index (κ1) is 25.9. The summed E-state index contributed by atoms with van der Waals surface area (Å²) in [7, 11) is 1.97. The van der Waals surface area contributed by atoms with Crippen LogP contribution >= 0.6 is 11.6 Å². The molecule has 9 heteroatoms. The van der Waals surface area contributed by atoms with Crippen molar-refractivity contribution in [1.29, 1.82) is 0 Å². The third-order valence-electron chi connectivity index (χ3n) is 7.04.